The molecule has 7 heteroatoms. The molecule has 1 aliphatic heterocycles. The molecule has 0 saturated carbocycles. The molecule has 1 fully saturated rings. The summed E-state index contributed by atoms with van der Waals surface area (Å²) < 4.78 is 5.47. The first-order chi connectivity index (χ1) is 11.6. The molecule has 1 saturated heterocycles. The SMILES string of the molecule is O=C(O)c1csc(-c2cccc(CNC(=O)C3CCCCO3)c2)n1. The molecule has 24 heavy (non-hydrogen) atoms. The molecule has 0 radical (unpaired) electrons. The highest BCUT2D eigenvalue weighted by Gasteiger charge is 2.21. The third kappa shape index (κ3) is 3.98. The quantitative estimate of drug-likeness (QED) is 0.869. The van der Waals surface area contributed by atoms with Gasteiger partial charge in [-0.15, -0.1) is 11.3 Å². The zero-order chi connectivity index (χ0) is 16.9. The minimum Gasteiger partial charge on any atom is -0.476 e. The van der Waals surface area contributed by atoms with Crippen molar-refractivity contribution < 1.29 is 19.4 Å². The number of carbonyl (C=O) groups is 2. The van der Waals surface area contributed by atoms with E-state index in [9.17, 15) is 9.59 Å². The Labute approximate surface area is 143 Å². The van der Waals surface area contributed by atoms with E-state index in [-0.39, 0.29) is 17.7 Å². The van der Waals surface area contributed by atoms with Gasteiger partial charge < -0.3 is 15.2 Å². The van der Waals surface area contributed by atoms with Crippen molar-refractivity contribution in [2.75, 3.05) is 6.61 Å². The average molecular weight is 346 g/mol. The molecular weight excluding hydrogens is 328 g/mol. The van der Waals surface area contributed by atoms with Crippen LogP contribution in [0.15, 0.2) is 29.6 Å². The number of carbonyl (C=O) groups excluding carboxylic acids is 1. The lowest BCUT2D eigenvalue weighted by molar-refractivity contribution is -0.135. The Morgan fingerprint density at radius 1 is 1.38 bits per heavy atom. The summed E-state index contributed by atoms with van der Waals surface area (Å²) in [4.78, 5) is 27.1. The molecule has 6 nitrogen and oxygen atoms in total. The average Bonchev–Trinajstić information content (AvgIpc) is 3.11. The maximum atomic E-state index is 12.1. The molecule has 2 heterocycles. The zero-order valence-corrected chi connectivity index (χ0v) is 13.8. The second kappa shape index (κ2) is 7.55. The van der Waals surface area contributed by atoms with Crippen molar-refractivity contribution in [3.63, 3.8) is 0 Å². The fourth-order valence-corrected chi connectivity index (χ4v) is 3.36. The van der Waals surface area contributed by atoms with Crippen LogP contribution in [0, 0.1) is 0 Å². The number of aromatic carboxylic acids is 1. The third-order valence-electron chi connectivity index (χ3n) is 3.84. The normalized spacial score (nSPS) is 17.4. The number of amides is 1. The highest BCUT2D eigenvalue weighted by Crippen LogP contribution is 2.24. The fraction of sp³-hybridized carbons (Fsp3) is 0.353. The van der Waals surface area contributed by atoms with Crippen molar-refractivity contribution in [1.82, 2.24) is 10.3 Å². The Kier molecular flexibility index (Phi) is 5.22. The van der Waals surface area contributed by atoms with Crippen molar-refractivity contribution in [3.8, 4) is 10.6 Å². The largest absolute Gasteiger partial charge is 0.476 e. The van der Waals surface area contributed by atoms with Crippen LogP contribution in [0.3, 0.4) is 0 Å². The maximum Gasteiger partial charge on any atom is 0.355 e. The highest BCUT2D eigenvalue weighted by molar-refractivity contribution is 7.13. The molecular formula is C17H18N2O4S. The summed E-state index contributed by atoms with van der Waals surface area (Å²) in [6, 6.07) is 7.57. The fourth-order valence-electron chi connectivity index (χ4n) is 2.57. The van der Waals surface area contributed by atoms with Gasteiger partial charge in [0, 0.05) is 24.1 Å². The van der Waals surface area contributed by atoms with E-state index < -0.39 is 5.97 Å². The number of ether oxygens (including phenoxy) is 1. The van der Waals surface area contributed by atoms with E-state index in [1.54, 1.807) is 0 Å². The van der Waals surface area contributed by atoms with E-state index in [4.69, 9.17) is 9.84 Å². The van der Waals surface area contributed by atoms with Gasteiger partial charge in [0.15, 0.2) is 5.69 Å². The van der Waals surface area contributed by atoms with E-state index in [1.165, 1.54) is 16.7 Å². The van der Waals surface area contributed by atoms with Gasteiger partial charge >= 0.3 is 5.97 Å². The Morgan fingerprint density at radius 3 is 2.96 bits per heavy atom. The van der Waals surface area contributed by atoms with E-state index in [2.05, 4.69) is 10.3 Å². The van der Waals surface area contributed by atoms with Gasteiger partial charge in [-0.25, -0.2) is 9.78 Å². The molecule has 0 aliphatic carbocycles. The standard InChI is InChI=1S/C17H18N2O4S/c20-15(14-6-1-2-7-23-14)18-9-11-4-3-5-12(8-11)16-19-13(10-24-16)17(21)22/h3-5,8,10,14H,1-2,6-7,9H2,(H,18,20)(H,21,22). The number of hydrogen-bond acceptors (Lipinski definition) is 5. The summed E-state index contributed by atoms with van der Waals surface area (Å²) in [7, 11) is 0. The minimum atomic E-state index is -1.03. The summed E-state index contributed by atoms with van der Waals surface area (Å²) in [6.07, 6.45) is 2.45. The lowest BCUT2D eigenvalue weighted by Gasteiger charge is -2.21. The first-order valence-electron chi connectivity index (χ1n) is 7.81. The third-order valence-corrected chi connectivity index (χ3v) is 4.73. The van der Waals surface area contributed by atoms with Gasteiger partial charge in [0.25, 0.3) is 0 Å². The maximum absolute atomic E-state index is 12.1. The second-order valence-electron chi connectivity index (χ2n) is 5.62. The number of carboxylic acids is 1. The predicted octanol–water partition coefficient (Wildman–Crippen LogP) is 2.69. The number of nitrogens with one attached hydrogen (secondary N) is 1. The molecule has 3 rings (SSSR count). The number of hydrogen-bond donors (Lipinski definition) is 2. The van der Waals surface area contributed by atoms with Crippen molar-refractivity contribution in [3.05, 3.63) is 40.9 Å². The van der Waals surface area contributed by atoms with Crippen molar-refractivity contribution in [2.24, 2.45) is 0 Å². The molecule has 1 aromatic carbocycles. The lowest BCUT2D eigenvalue weighted by atomic mass is 10.1. The van der Waals surface area contributed by atoms with E-state index >= 15 is 0 Å². The number of nitrogens with zero attached hydrogens (tertiary/aromatic N) is 1. The zero-order valence-electron chi connectivity index (χ0n) is 13.0. The van der Waals surface area contributed by atoms with Crippen LogP contribution in [0.2, 0.25) is 0 Å². The molecule has 126 valence electrons. The van der Waals surface area contributed by atoms with Crippen molar-refractivity contribution in [1.29, 1.82) is 0 Å². The minimum absolute atomic E-state index is 0.0446. The van der Waals surface area contributed by atoms with E-state index in [0.717, 1.165) is 30.4 Å². The van der Waals surface area contributed by atoms with Crippen LogP contribution < -0.4 is 5.32 Å². The topological polar surface area (TPSA) is 88.5 Å². The molecule has 0 spiro atoms. The molecule has 1 aromatic heterocycles. The van der Waals surface area contributed by atoms with Gasteiger partial charge in [-0.2, -0.15) is 0 Å². The second-order valence-corrected chi connectivity index (χ2v) is 6.47. The smallest absolute Gasteiger partial charge is 0.355 e. The number of carboxylic acid groups (broad SMARTS) is 1. The molecule has 1 atom stereocenters. The van der Waals surface area contributed by atoms with Gasteiger partial charge in [-0.3, -0.25) is 4.79 Å². The number of benzene rings is 1. The van der Waals surface area contributed by atoms with Gasteiger partial charge in [-0.1, -0.05) is 18.2 Å². The summed E-state index contributed by atoms with van der Waals surface area (Å²) in [5.74, 6) is -1.11. The molecule has 0 bridgehead atoms. The van der Waals surface area contributed by atoms with Gasteiger partial charge in [0.2, 0.25) is 5.91 Å². The van der Waals surface area contributed by atoms with Crippen LogP contribution in [-0.2, 0) is 16.1 Å². The van der Waals surface area contributed by atoms with Crippen LogP contribution in [-0.4, -0.2) is 34.7 Å². The Balaban J connectivity index is 1.64. The molecule has 2 aromatic rings. The van der Waals surface area contributed by atoms with E-state index in [1.807, 2.05) is 24.3 Å². The summed E-state index contributed by atoms with van der Waals surface area (Å²) in [5, 5.41) is 14.0. The Bertz CT molecular complexity index is 738. The van der Waals surface area contributed by atoms with Crippen LogP contribution >= 0.6 is 11.3 Å². The van der Waals surface area contributed by atoms with Crippen molar-refractivity contribution in [2.45, 2.75) is 31.9 Å². The van der Waals surface area contributed by atoms with Crippen LogP contribution in [0.4, 0.5) is 0 Å². The van der Waals surface area contributed by atoms with E-state index in [0.29, 0.717) is 18.2 Å². The summed E-state index contributed by atoms with van der Waals surface area (Å²) in [5.41, 5.74) is 1.82. The predicted molar refractivity (Wildman–Crippen MR) is 89.9 cm³/mol. The van der Waals surface area contributed by atoms with Gasteiger partial charge in [0.1, 0.15) is 11.1 Å². The van der Waals surface area contributed by atoms with Crippen molar-refractivity contribution >= 4 is 23.2 Å². The Morgan fingerprint density at radius 2 is 2.25 bits per heavy atom. The first-order valence-corrected chi connectivity index (χ1v) is 8.69. The monoisotopic (exact) mass is 346 g/mol. The number of aromatic nitrogens is 1. The summed E-state index contributed by atoms with van der Waals surface area (Å²) >= 11 is 1.29. The van der Waals surface area contributed by atoms with Crippen LogP contribution in [0.5, 0.6) is 0 Å². The summed E-state index contributed by atoms with van der Waals surface area (Å²) in [6.45, 7) is 1.05. The molecule has 2 N–H and O–H groups in total. The first kappa shape index (κ1) is 16.6. The molecule has 1 unspecified atom stereocenters. The number of rotatable bonds is 5. The van der Waals surface area contributed by atoms with Crippen LogP contribution in [0.1, 0.15) is 35.3 Å². The molecule has 1 amide bonds. The highest BCUT2D eigenvalue weighted by atomic mass is 32.1. The molecule has 1 aliphatic rings. The van der Waals surface area contributed by atoms with Gasteiger partial charge in [0.05, 0.1) is 0 Å². The Hall–Kier alpha value is -2.25. The van der Waals surface area contributed by atoms with Gasteiger partial charge in [-0.05, 0) is 30.9 Å². The van der Waals surface area contributed by atoms with Crippen LogP contribution in [0.25, 0.3) is 10.6 Å². The number of thiazole rings is 1. The lowest BCUT2D eigenvalue weighted by Crippen LogP contribution is -2.37.